The number of hydrogen-bond donors (Lipinski definition) is 1. The van der Waals surface area contributed by atoms with E-state index in [1.54, 1.807) is 12.1 Å². The Hall–Kier alpha value is -1.81. The molecule has 3 nitrogen and oxygen atoms in total. The molecule has 0 atom stereocenters. The molecule has 0 fully saturated rings. The van der Waals surface area contributed by atoms with Gasteiger partial charge in [-0.25, -0.2) is 9.37 Å². The summed E-state index contributed by atoms with van der Waals surface area (Å²) < 4.78 is 18.5. The molecule has 0 aliphatic heterocycles. The zero-order chi connectivity index (χ0) is 11.5. The first kappa shape index (κ1) is 10.7. The van der Waals surface area contributed by atoms with E-state index in [0.29, 0.717) is 10.7 Å². The number of aromatic nitrogens is 1. The first-order chi connectivity index (χ1) is 7.66. The third-order valence-corrected chi connectivity index (χ3v) is 2.20. The zero-order valence-electron chi connectivity index (χ0n) is 8.15. The Morgan fingerprint density at radius 3 is 2.88 bits per heavy atom. The predicted molar refractivity (Wildman–Crippen MR) is 60.1 cm³/mol. The molecule has 1 aromatic heterocycles. The van der Waals surface area contributed by atoms with Crippen molar-refractivity contribution in [2.75, 3.05) is 5.73 Å². The van der Waals surface area contributed by atoms with Crippen molar-refractivity contribution in [3.05, 3.63) is 47.4 Å². The summed E-state index contributed by atoms with van der Waals surface area (Å²) in [5.41, 5.74) is 6.05. The molecule has 0 saturated heterocycles. The van der Waals surface area contributed by atoms with Crippen LogP contribution >= 0.6 is 11.6 Å². The summed E-state index contributed by atoms with van der Waals surface area (Å²) in [6.07, 6.45) is 1.43. The van der Waals surface area contributed by atoms with E-state index in [1.165, 1.54) is 24.4 Å². The summed E-state index contributed by atoms with van der Waals surface area (Å²) in [5, 5.41) is 0.347. The number of pyridine rings is 1. The average Bonchev–Trinajstić information content (AvgIpc) is 2.27. The van der Waals surface area contributed by atoms with Gasteiger partial charge in [0.1, 0.15) is 5.75 Å². The van der Waals surface area contributed by atoms with Crippen LogP contribution in [0.5, 0.6) is 11.6 Å². The second kappa shape index (κ2) is 4.37. The fraction of sp³-hybridized carbons (Fsp3) is 0. The normalized spacial score (nSPS) is 10.1. The Bertz CT molecular complexity index is 519. The van der Waals surface area contributed by atoms with Crippen LogP contribution in [0.25, 0.3) is 0 Å². The van der Waals surface area contributed by atoms with Crippen molar-refractivity contribution in [1.82, 2.24) is 4.98 Å². The van der Waals surface area contributed by atoms with Gasteiger partial charge < -0.3 is 10.5 Å². The second-order valence-corrected chi connectivity index (χ2v) is 3.49. The van der Waals surface area contributed by atoms with Crippen molar-refractivity contribution in [1.29, 1.82) is 0 Å². The van der Waals surface area contributed by atoms with Gasteiger partial charge in [0.25, 0.3) is 5.88 Å². The molecule has 0 aliphatic rings. The fourth-order valence-corrected chi connectivity index (χ4v) is 1.30. The van der Waals surface area contributed by atoms with Crippen molar-refractivity contribution in [3.63, 3.8) is 0 Å². The molecule has 2 N–H and O–H groups in total. The Labute approximate surface area is 96.6 Å². The van der Waals surface area contributed by atoms with Gasteiger partial charge in [0, 0.05) is 18.0 Å². The smallest absolute Gasteiger partial charge is 0.255 e. The molecule has 82 valence electrons. The van der Waals surface area contributed by atoms with Crippen LogP contribution in [0.3, 0.4) is 0 Å². The van der Waals surface area contributed by atoms with Crippen LogP contribution < -0.4 is 10.5 Å². The summed E-state index contributed by atoms with van der Waals surface area (Å²) in [6, 6.07) is 7.44. The number of nitrogens with two attached hydrogens (primary N) is 1. The first-order valence-corrected chi connectivity index (χ1v) is 4.88. The number of anilines is 1. The Kier molecular flexibility index (Phi) is 2.92. The number of rotatable bonds is 2. The lowest BCUT2D eigenvalue weighted by Crippen LogP contribution is -1.93. The van der Waals surface area contributed by atoms with Crippen LogP contribution in [0.2, 0.25) is 5.02 Å². The minimum absolute atomic E-state index is 0.130. The van der Waals surface area contributed by atoms with Gasteiger partial charge in [-0.05, 0) is 24.3 Å². The third kappa shape index (κ3) is 2.23. The Balaban J connectivity index is 2.34. The van der Waals surface area contributed by atoms with Crippen LogP contribution in [0.1, 0.15) is 0 Å². The van der Waals surface area contributed by atoms with Crippen LogP contribution in [0.4, 0.5) is 10.1 Å². The number of halogens is 2. The van der Waals surface area contributed by atoms with Gasteiger partial charge in [-0.3, -0.25) is 0 Å². The van der Waals surface area contributed by atoms with Gasteiger partial charge in [0.2, 0.25) is 0 Å². The van der Waals surface area contributed by atoms with E-state index in [2.05, 4.69) is 4.98 Å². The van der Waals surface area contributed by atoms with Crippen LogP contribution in [-0.2, 0) is 0 Å². The van der Waals surface area contributed by atoms with E-state index < -0.39 is 5.82 Å². The maximum atomic E-state index is 13.2. The van der Waals surface area contributed by atoms with E-state index in [9.17, 15) is 4.39 Å². The van der Waals surface area contributed by atoms with Gasteiger partial charge in [-0.15, -0.1) is 0 Å². The molecule has 1 aromatic carbocycles. The Morgan fingerprint density at radius 1 is 1.31 bits per heavy atom. The van der Waals surface area contributed by atoms with Gasteiger partial charge >= 0.3 is 0 Å². The zero-order valence-corrected chi connectivity index (χ0v) is 8.91. The van der Waals surface area contributed by atoms with E-state index in [-0.39, 0.29) is 11.6 Å². The lowest BCUT2D eigenvalue weighted by atomic mass is 10.3. The third-order valence-electron chi connectivity index (χ3n) is 1.89. The highest BCUT2D eigenvalue weighted by atomic mass is 35.5. The molecule has 0 bridgehead atoms. The molecular weight excluding hydrogens is 231 g/mol. The molecule has 0 radical (unpaired) electrons. The predicted octanol–water partition coefficient (Wildman–Crippen LogP) is 3.25. The van der Waals surface area contributed by atoms with Crippen molar-refractivity contribution in [2.45, 2.75) is 0 Å². The fourth-order valence-electron chi connectivity index (χ4n) is 1.15. The Morgan fingerprint density at radius 2 is 2.12 bits per heavy atom. The highest BCUT2D eigenvalue weighted by Gasteiger charge is 2.08. The van der Waals surface area contributed by atoms with E-state index in [0.717, 1.165) is 0 Å². The summed E-state index contributed by atoms with van der Waals surface area (Å²) in [6.45, 7) is 0. The summed E-state index contributed by atoms with van der Waals surface area (Å²) in [7, 11) is 0. The molecule has 0 unspecified atom stereocenters. The largest absolute Gasteiger partial charge is 0.435 e. The standard InChI is InChI=1S/C11H8ClFN2O/c12-8-4-3-7(14)6-10(8)16-11-9(13)2-1-5-15-11/h1-6H,14H2. The quantitative estimate of drug-likeness (QED) is 0.817. The molecule has 1 heterocycles. The van der Waals surface area contributed by atoms with E-state index in [1.807, 2.05) is 0 Å². The average molecular weight is 239 g/mol. The highest BCUT2D eigenvalue weighted by molar-refractivity contribution is 6.32. The topological polar surface area (TPSA) is 48.1 Å². The number of ether oxygens (including phenoxy) is 1. The maximum Gasteiger partial charge on any atom is 0.255 e. The summed E-state index contributed by atoms with van der Waals surface area (Å²) >= 11 is 5.87. The van der Waals surface area contributed by atoms with Crippen molar-refractivity contribution in [3.8, 4) is 11.6 Å². The molecule has 2 aromatic rings. The van der Waals surface area contributed by atoms with Crippen LogP contribution in [0.15, 0.2) is 36.5 Å². The lowest BCUT2D eigenvalue weighted by Gasteiger charge is -2.07. The number of benzene rings is 1. The van der Waals surface area contributed by atoms with Crippen molar-refractivity contribution in [2.24, 2.45) is 0 Å². The maximum absolute atomic E-state index is 13.2. The van der Waals surface area contributed by atoms with Gasteiger partial charge in [0.15, 0.2) is 5.82 Å². The van der Waals surface area contributed by atoms with Crippen LogP contribution in [-0.4, -0.2) is 4.98 Å². The first-order valence-electron chi connectivity index (χ1n) is 4.50. The van der Waals surface area contributed by atoms with Crippen LogP contribution in [0, 0.1) is 5.82 Å². The molecule has 5 heteroatoms. The highest BCUT2D eigenvalue weighted by Crippen LogP contribution is 2.30. The molecular formula is C11H8ClFN2O. The van der Waals surface area contributed by atoms with Gasteiger partial charge in [-0.1, -0.05) is 11.6 Å². The molecule has 0 saturated carbocycles. The molecule has 0 aliphatic carbocycles. The van der Waals surface area contributed by atoms with E-state index in [4.69, 9.17) is 22.1 Å². The summed E-state index contributed by atoms with van der Waals surface area (Å²) in [4.78, 5) is 3.75. The van der Waals surface area contributed by atoms with Gasteiger partial charge in [0.05, 0.1) is 5.02 Å². The minimum Gasteiger partial charge on any atom is -0.435 e. The van der Waals surface area contributed by atoms with Crippen molar-refractivity contribution >= 4 is 17.3 Å². The molecule has 0 amide bonds. The lowest BCUT2D eigenvalue weighted by molar-refractivity contribution is 0.423. The van der Waals surface area contributed by atoms with E-state index >= 15 is 0 Å². The molecule has 16 heavy (non-hydrogen) atoms. The monoisotopic (exact) mass is 238 g/mol. The molecule has 2 rings (SSSR count). The van der Waals surface area contributed by atoms with Crippen molar-refractivity contribution < 1.29 is 9.13 Å². The minimum atomic E-state index is -0.555. The van der Waals surface area contributed by atoms with Gasteiger partial charge in [-0.2, -0.15) is 0 Å². The number of nitrogens with zero attached hydrogens (tertiary/aromatic N) is 1. The number of nitrogen functional groups attached to an aromatic ring is 1. The second-order valence-electron chi connectivity index (χ2n) is 3.08. The number of hydrogen-bond acceptors (Lipinski definition) is 3. The SMILES string of the molecule is Nc1ccc(Cl)c(Oc2ncccc2F)c1. The summed E-state index contributed by atoms with van der Waals surface area (Å²) in [5.74, 6) is -0.407. The molecule has 0 spiro atoms.